The third kappa shape index (κ3) is 3.55. The number of rotatable bonds is 4. The molecule has 1 aliphatic carbocycles. The fourth-order valence-electron chi connectivity index (χ4n) is 2.57. The Kier molecular flexibility index (Phi) is 4.28. The minimum atomic E-state index is -3.43. The Morgan fingerprint density at radius 2 is 2.11 bits per heavy atom. The molecule has 0 radical (unpaired) electrons. The predicted octanol–water partition coefficient (Wildman–Crippen LogP) is 2.17. The number of nitrogens with one attached hydrogen (secondary N) is 1. The van der Waals surface area contributed by atoms with E-state index in [0.29, 0.717) is 10.8 Å². The summed E-state index contributed by atoms with van der Waals surface area (Å²) in [6.07, 6.45) is 2.94. The van der Waals surface area contributed by atoms with Crippen molar-refractivity contribution < 1.29 is 8.42 Å². The summed E-state index contributed by atoms with van der Waals surface area (Å²) in [7, 11) is -3.43. The summed E-state index contributed by atoms with van der Waals surface area (Å²) in [4.78, 5) is 0.307. The van der Waals surface area contributed by atoms with Gasteiger partial charge in [-0.25, -0.2) is 13.1 Å². The van der Waals surface area contributed by atoms with E-state index in [9.17, 15) is 8.42 Å². The molecule has 1 aromatic carbocycles. The summed E-state index contributed by atoms with van der Waals surface area (Å²) in [6.45, 7) is 4.00. The van der Waals surface area contributed by atoms with Gasteiger partial charge in [0.15, 0.2) is 0 Å². The first kappa shape index (κ1) is 14.5. The molecule has 0 spiro atoms. The van der Waals surface area contributed by atoms with E-state index in [1.54, 1.807) is 18.2 Å². The molecule has 3 unspecified atom stereocenters. The van der Waals surface area contributed by atoms with Crippen molar-refractivity contribution in [3.63, 3.8) is 0 Å². The topological polar surface area (TPSA) is 72.2 Å². The second-order valence-electron chi connectivity index (χ2n) is 5.60. The van der Waals surface area contributed by atoms with Crippen LogP contribution in [0.2, 0.25) is 0 Å². The van der Waals surface area contributed by atoms with Crippen LogP contribution in [-0.2, 0) is 10.0 Å². The maximum absolute atomic E-state index is 12.3. The van der Waals surface area contributed by atoms with Crippen molar-refractivity contribution in [1.82, 2.24) is 4.72 Å². The zero-order chi connectivity index (χ0) is 14.0. The minimum Gasteiger partial charge on any atom is -0.324 e. The smallest absolute Gasteiger partial charge is 0.240 e. The molecule has 1 saturated carbocycles. The third-order valence-electron chi connectivity index (χ3n) is 3.71. The van der Waals surface area contributed by atoms with Crippen LogP contribution in [0.4, 0.5) is 0 Å². The largest absolute Gasteiger partial charge is 0.324 e. The van der Waals surface area contributed by atoms with E-state index in [0.717, 1.165) is 24.8 Å². The second kappa shape index (κ2) is 5.61. The highest BCUT2D eigenvalue weighted by atomic mass is 32.2. The molecule has 1 aromatic rings. The van der Waals surface area contributed by atoms with Gasteiger partial charge in [0.25, 0.3) is 0 Å². The molecule has 1 fully saturated rings. The highest BCUT2D eigenvalue weighted by molar-refractivity contribution is 7.89. The Labute approximate surface area is 115 Å². The van der Waals surface area contributed by atoms with Crippen molar-refractivity contribution in [1.29, 1.82) is 0 Å². The first-order valence-electron chi connectivity index (χ1n) is 6.76. The van der Waals surface area contributed by atoms with Crippen LogP contribution < -0.4 is 10.5 Å². The molecule has 0 saturated heterocycles. The molecule has 4 nitrogen and oxygen atoms in total. The lowest BCUT2D eigenvalue weighted by molar-refractivity contribution is 0.538. The maximum atomic E-state index is 12.3. The zero-order valence-electron chi connectivity index (χ0n) is 11.5. The summed E-state index contributed by atoms with van der Waals surface area (Å²) in [6, 6.07) is 6.77. The van der Waals surface area contributed by atoms with Gasteiger partial charge < -0.3 is 5.73 Å². The Hall–Kier alpha value is -0.910. The molecule has 1 aliphatic rings. The van der Waals surface area contributed by atoms with Crippen LogP contribution >= 0.6 is 0 Å². The molecule has 3 atom stereocenters. The van der Waals surface area contributed by atoms with Gasteiger partial charge in [0.1, 0.15) is 0 Å². The van der Waals surface area contributed by atoms with Gasteiger partial charge in [-0.15, -0.1) is 0 Å². The van der Waals surface area contributed by atoms with E-state index in [-0.39, 0.29) is 12.1 Å². The van der Waals surface area contributed by atoms with Crippen LogP contribution in [0, 0.1) is 5.92 Å². The van der Waals surface area contributed by atoms with Crippen LogP contribution in [0.25, 0.3) is 0 Å². The monoisotopic (exact) mass is 282 g/mol. The van der Waals surface area contributed by atoms with E-state index >= 15 is 0 Å². The number of hydrogen-bond acceptors (Lipinski definition) is 3. The van der Waals surface area contributed by atoms with Crippen molar-refractivity contribution in [2.75, 3.05) is 0 Å². The van der Waals surface area contributed by atoms with Gasteiger partial charge in [-0.2, -0.15) is 0 Å². The molecule has 106 valence electrons. The van der Waals surface area contributed by atoms with Gasteiger partial charge in [-0.3, -0.25) is 0 Å². The summed E-state index contributed by atoms with van der Waals surface area (Å²) in [5.41, 5.74) is 6.63. The molecule has 0 amide bonds. The van der Waals surface area contributed by atoms with Gasteiger partial charge in [-0.1, -0.05) is 19.1 Å². The van der Waals surface area contributed by atoms with Gasteiger partial charge in [0, 0.05) is 12.1 Å². The second-order valence-corrected chi connectivity index (χ2v) is 7.31. The van der Waals surface area contributed by atoms with E-state index < -0.39 is 10.0 Å². The SMILES string of the molecule is CC1CCC(NS(=O)(=O)c2cccc(C(C)N)c2)C1. The lowest BCUT2D eigenvalue weighted by Gasteiger charge is -2.14. The number of hydrogen-bond donors (Lipinski definition) is 2. The van der Waals surface area contributed by atoms with Crippen molar-refractivity contribution >= 4 is 10.0 Å². The first-order chi connectivity index (χ1) is 8.88. The van der Waals surface area contributed by atoms with E-state index in [1.807, 2.05) is 13.0 Å². The van der Waals surface area contributed by atoms with E-state index in [2.05, 4.69) is 11.6 Å². The quantitative estimate of drug-likeness (QED) is 0.889. The van der Waals surface area contributed by atoms with Crippen LogP contribution in [0.5, 0.6) is 0 Å². The Balaban J connectivity index is 2.17. The molecule has 0 aliphatic heterocycles. The molecule has 19 heavy (non-hydrogen) atoms. The Morgan fingerprint density at radius 1 is 1.37 bits per heavy atom. The summed E-state index contributed by atoms with van der Waals surface area (Å²) in [5, 5.41) is 0. The molecule has 0 aromatic heterocycles. The molecular formula is C14H22N2O2S. The standard InChI is InChI=1S/C14H22N2O2S/c1-10-6-7-13(8-10)16-19(17,18)14-5-3-4-12(9-14)11(2)15/h3-5,9-11,13,16H,6-8,15H2,1-2H3. The summed E-state index contributed by atoms with van der Waals surface area (Å²) >= 11 is 0. The van der Waals surface area contributed by atoms with Gasteiger partial charge >= 0.3 is 0 Å². The highest BCUT2D eigenvalue weighted by Crippen LogP contribution is 2.26. The highest BCUT2D eigenvalue weighted by Gasteiger charge is 2.26. The fraction of sp³-hybridized carbons (Fsp3) is 0.571. The van der Waals surface area contributed by atoms with Crippen LogP contribution in [0.15, 0.2) is 29.2 Å². The van der Waals surface area contributed by atoms with E-state index in [4.69, 9.17) is 5.73 Å². The van der Waals surface area contributed by atoms with Gasteiger partial charge in [-0.05, 0) is 49.8 Å². The number of nitrogens with two attached hydrogens (primary N) is 1. The third-order valence-corrected chi connectivity index (χ3v) is 5.23. The van der Waals surface area contributed by atoms with Crippen LogP contribution in [0.1, 0.15) is 44.7 Å². The molecule has 2 rings (SSSR count). The first-order valence-corrected chi connectivity index (χ1v) is 8.24. The molecule has 0 bridgehead atoms. The normalized spacial score (nSPS) is 25.4. The average molecular weight is 282 g/mol. The number of benzene rings is 1. The Morgan fingerprint density at radius 3 is 2.68 bits per heavy atom. The molecule has 5 heteroatoms. The van der Waals surface area contributed by atoms with Crippen LogP contribution in [-0.4, -0.2) is 14.5 Å². The van der Waals surface area contributed by atoms with Crippen molar-refractivity contribution in [2.24, 2.45) is 11.7 Å². The lowest BCUT2D eigenvalue weighted by Crippen LogP contribution is -2.33. The molecule has 0 heterocycles. The average Bonchev–Trinajstić information content (AvgIpc) is 2.74. The molecule has 3 N–H and O–H groups in total. The number of sulfonamides is 1. The van der Waals surface area contributed by atoms with E-state index in [1.165, 1.54) is 0 Å². The zero-order valence-corrected chi connectivity index (χ0v) is 12.3. The van der Waals surface area contributed by atoms with Crippen LogP contribution in [0.3, 0.4) is 0 Å². The van der Waals surface area contributed by atoms with Crippen molar-refractivity contribution in [2.45, 2.75) is 50.1 Å². The van der Waals surface area contributed by atoms with Gasteiger partial charge in [0.05, 0.1) is 4.90 Å². The summed E-state index contributed by atoms with van der Waals surface area (Å²) in [5.74, 6) is 0.600. The summed E-state index contributed by atoms with van der Waals surface area (Å²) < 4.78 is 27.4. The Bertz CT molecular complexity index is 540. The lowest BCUT2D eigenvalue weighted by atomic mass is 10.1. The fourth-order valence-corrected chi connectivity index (χ4v) is 3.90. The minimum absolute atomic E-state index is 0.0685. The predicted molar refractivity (Wildman–Crippen MR) is 76.2 cm³/mol. The van der Waals surface area contributed by atoms with Crippen molar-refractivity contribution in [3.8, 4) is 0 Å². The van der Waals surface area contributed by atoms with Gasteiger partial charge in [0.2, 0.25) is 10.0 Å². The maximum Gasteiger partial charge on any atom is 0.240 e. The van der Waals surface area contributed by atoms with Crippen molar-refractivity contribution in [3.05, 3.63) is 29.8 Å². The molecular weight excluding hydrogens is 260 g/mol.